The van der Waals surface area contributed by atoms with Crippen LogP contribution in [0.5, 0.6) is 5.75 Å². The minimum absolute atomic E-state index is 0.0149. The van der Waals surface area contributed by atoms with E-state index in [4.69, 9.17) is 21.6 Å². The molecule has 4 heteroatoms. The van der Waals surface area contributed by atoms with Crippen molar-refractivity contribution in [3.8, 4) is 11.8 Å². The molecule has 1 aromatic carbocycles. The lowest BCUT2D eigenvalue weighted by Crippen LogP contribution is -2.10. The van der Waals surface area contributed by atoms with Crippen LogP contribution in [-0.4, -0.2) is 12.4 Å². The van der Waals surface area contributed by atoms with Gasteiger partial charge < -0.3 is 4.74 Å². The molecule has 0 aliphatic carbocycles. The fourth-order valence-electron chi connectivity index (χ4n) is 0.993. The fraction of sp³-hybridized carbons (Fsp3) is 0.273. The lowest BCUT2D eigenvalue weighted by molar-refractivity contribution is -0.120. The first kappa shape index (κ1) is 11.5. The van der Waals surface area contributed by atoms with E-state index in [1.807, 2.05) is 6.07 Å². The number of nitriles is 1. The molecule has 0 aliphatic rings. The molecule has 0 radical (unpaired) electrons. The highest BCUT2D eigenvalue weighted by Gasteiger charge is 2.08. The van der Waals surface area contributed by atoms with Crippen molar-refractivity contribution >= 4 is 17.4 Å². The van der Waals surface area contributed by atoms with Crippen LogP contribution in [0.25, 0.3) is 0 Å². The summed E-state index contributed by atoms with van der Waals surface area (Å²) in [6, 6.07) is 6.84. The highest BCUT2D eigenvalue weighted by Crippen LogP contribution is 2.25. The van der Waals surface area contributed by atoms with Crippen molar-refractivity contribution in [3.05, 3.63) is 28.8 Å². The van der Waals surface area contributed by atoms with Gasteiger partial charge in [-0.05, 0) is 12.1 Å². The van der Waals surface area contributed by atoms with Crippen LogP contribution >= 0.6 is 11.6 Å². The number of rotatable bonds is 4. The molecule has 0 N–H and O–H groups in total. The van der Waals surface area contributed by atoms with Crippen LogP contribution in [0.1, 0.15) is 18.9 Å². The highest BCUT2D eigenvalue weighted by atomic mass is 35.5. The zero-order valence-electron chi connectivity index (χ0n) is 8.29. The van der Waals surface area contributed by atoms with Crippen molar-refractivity contribution in [2.45, 2.75) is 13.3 Å². The van der Waals surface area contributed by atoms with Crippen molar-refractivity contribution in [2.24, 2.45) is 0 Å². The Morgan fingerprint density at radius 2 is 2.33 bits per heavy atom. The van der Waals surface area contributed by atoms with Gasteiger partial charge in [-0.3, -0.25) is 4.79 Å². The molecule has 78 valence electrons. The topological polar surface area (TPSA) is 50.1 Å². The summed E-state index contributed by atoms with van der Waals surface area (Å²) in [5, 5.41) is 9.15. The first-order valence-corrected chi connectivity index (χ1v) is 4.90. The van der Waals surface area contributed by atoms with E-state index in [9.17, 15) is 4.79 Å². The second kappa shape index (κ2) is 5.38. The summed E-state index contributed by atoms with van der Waals surface area (Å²) in [5.41, 5.74) is 0.267. The fourth-order valence-corrected chi connectivity index (χ4v) is 1.20. The van der Waals surface area contributed by atoms with Gasteiger partial charge in [-0.15, -0.1) is 0 Å². The van der Waals surface area contributed by atoms with Crippen LogP contribution in [0.15, 0.2) is 18.2 Å². The Morgan fingerprint density at radius 1 is 1.60 bits per heavy atom. The predicted molar refractivity (Wildman–Crippen MR) is 57.0 cm³/mol. The molecular weight excluding hydrogens is 214 g/mol. The summed E-state index contributed by atoms with van der Waals surface area (Å²) in [6.45, 7) is 1.74. The Labute approximate surface area is 93.2 Å². The van der Waals surface area contributed by atoms with E-state index >= 15 is 0 Å². The zero-order valence-corrected chi connectivity index (χ0v) is 9.04. The Morgan fingerprint density at radius 3 is 2.93 bits per heavy atom. The number of carbonyl (C=O) groups excluding carboxylic acids is 1. The first-order chi connectivity index (χ1) is 7.19. The van der Waals surface area contributed by atoms with Gasteiger partial charge in [0.05, 0.1) is 5.02 Å². The number of ether oxygens (including phenoxy) is 1. The van der Waals surface area contributed by atoms with Crippen LogP contribution in [0.2, 0.25) is 5.02 Å². The summed E-state index contributed by atoms with van der Waals surface area (Å²) in [7, 11) is 0. The molecule has 0 heterocycles. The third-order valence-electron chi connectivity index (χ3n) is 1.87. The van der Waals surface area contributed by atoms with Gasteiger partial charge in [-0.2, -0.15) is 5.26 Å². The number of benzene rings is 1. The number of ketones is 1. The molecule has 0 spiro atoms. The molecule has 1 rings (SSSR count). The molecule has 0 atom stereocenters. The van der Waals surface area contributed by atoms with E-state index in [0.717, 1.165) is 0 Å². The summed E-state index contributed by atoms with van der Waals surface area (Å²) >= 11 is 5.79. The molecule has 0 bridgehead atoms. The quantitative estimate of drug-likeness (QED) is 0.788. The Kier molecular flexibility index (Phi) is 4.14. The summed E-state index contributed by atoms with van der Waals surface area (Å²) < 4.78 is 5.21. The highest BCUT2D eigenvalue weighted by molar-refractivity contribution is 6.31. The van der Waals surface area contributed by atoms with Gasteiger partial charge in [0.25, 0.3) is 0 Å². The van der Waals surface area contributed by atoms with Crippen molar-refractivity contribution in [1.29, 1.82) is 5.26 Å². The second-order valence-corrected chi connectivity index (χ2v) is 3.31. The average molecular weight is 224 g/mol. The monoisotopic (exact) mass is 223 g/mol. The Hall–Kier alpha value is -1.53. The van der Waals surface area contributed by atoms with Crippen LogP contribution in [0.4, 0.5) is 0 Å². The first-order valence-electron chi connectivity index (χ1n) is 4.52. The van der Waals surface area contributed by atoms with Crippen molar-refractivity contribution in [2.75, 3.05) is 6.61 Å². The third kappa shape index (κ3) is 2.97. The van der Waals surface area contributed by atoms with Crippen LogP contribution in [-0.2, 0) is 4.79 Å². The van der Waals surface area contributed by atoms with E-state index in [-0.39, 0.29) is 18.0 Å². The van der Waals surface area contributed by atoms with Gasteiger partial charge in [0.1, 0.15) is 24.0 Å². The minimum atomic E-state index is -0.0223. The third-order valence-corrected chi connectivity index (χ3v) is 2.19. The smallest absolute Gasteiger partial charge is 0.169 e. The molecule has 0 saturated heterocycles. The average Bonchev–Trinajstić information content (AvgIpc) is 2.25. The molecule has 0 amide bonds. The van der Waals surface area contributed by atoms with Crippen molar-refractivity contribution in [3.63, 3.8) is 0 Å². The Bertz CT molecular complexity index is 410. The largest absolute Gasteiger partial charge is 0.484 e. The maximum atomic E-state index is 11.0. The van der Waals surface area contributed by atoms with Gasteiger partial charge >= 0.3 is 0 Å². The van der Waals surface area contributed by atoms with Crippen LogP contribution in [0, 0.1) is 11.3 Å². The number of carbonyl (C=O) groups is 1. The van der Waals surface area contributed by atoms with E-state index in [0.29, 0.717) is 17.2 Å². The summed E-state index contributed by atoms with van der Waals surface area (Å²) in [5.74, 6) is 0.339. The summed E-state index contributed by atoms with van der Waals surface area (Å²) in [4.78, 5) is 11.0. The van der Waals surface area contributed by atoms with E-state index in [2.05, 4.69) is 0 Å². The van der Waals surface area contributed by atoms with Crippen LogP contribution in [0.3, 0.4) is 0 Å². The van der Waals surface area contributed by atoms with Gasteiger partial charge in [0, 0.05) is 6.42 Å². The number of Topliss-reactive ketones (excluding diaryl/α,β-unsaturated/α-hetero) is 1. The van der Waals surface area contributed by atoms with Crippen molar-refractivity contribution in [1.82, 2.24) is 0 Å². The zero-order chi connectivity index (χ0) is 11.3. The molecule has 3 nitrogen and oxygen atoms in total. The normalized spacial score (nSPS) is 9.40. The van der Waals surface area contributed by atoms with Gasteiger partial charge in [-0.1, -0.05) is 24.6 Å². The number of halogens is 1. The lowest BCUT2D eigenvalue weighted by atomic mass is 10.2. The Balaban J connectivity index is 2.82. The van der Waals surface area contributed by atoms with E-state index in [1.165, 1.54) is 0 Å². The maximum absolute atomic E-state index is 11.0. The van der Waals surface area contributed by atoms with Gasteiger partial charge in [0.15, 0.2) is 5.78 Å². The molecule has 0 saturated carbocycles. The molecule has 0 fully saturated rings. The predicted octanol–water partition coefficient (Wildman–Crippen LogP) is 2.57. The van der Waals surface area contributed by atoms with E-state index in [1.54, 1.807) is 25.1 Å². The lowest BCUT2D eigenvalue weighted by Gasteiger charge is -2.06. The van der Waals surface area contributed by atoms with Gasteiger partial charge in [-0.25, -0.2) is 0 Å². The maximum Gasteiger partial charge on any atom is 0.169 e. The molecule has 1 aromatic rings. The standard InChI is InChI=1S/C11H10ClNO2/c1-2-8(14)7-15-11-5-3-4-10(12)9(11)6-13/h3-5H,2,7H2,1H3. The van der Waals surface area contributed by atoms with E-state index < -0.39 is 0 Å². The summed E-state index contributed by atoms with van der Waals surface area (Å²) in [6.07, 6.45) is 0.419. The molecule has 0 aromatic heterocycles. The molecule has 0 unspecified atom stereocenters. The minimum Gasteiger partial charge on any atom is -0.484 e. The van der Waals surface area contributed by atoms with Gasteiger partial charge in [0.2, 0.25) is 0 Å². The molecule has 15 heavy (non-hydrogen) atoms. The number of hydrogen-bond donors (Lipinski definition) is 0. The number of hydrogen-bond acceptors (Lipinski definition) is 3. The van der Waals surface area contributed by atoms with Crippen LogP contribution < -0.4 is 4.74 Å². The molecule has 0 aliphatic heterocycles. The number of nitrogens with zero attached hydrogens (tertiary/aromatic N) is 1. The van der Waals surface area contributed by atoms with Crippen molar-refractivity contribution < 1.29 is 9.53 Å². The second-order valence-electron chi connectivity index (χ2n) is 2.91. The SMILES string of the molecule is CCC(=O)COc1cccc(Cl)c1C#N. The molecular formula is C11H10ClNO2.